The van der Waals surface area contributed by atoms with Crippen LogP contribution in [-0.4, -0.2) is 0 Å². The molecular weight excluding hydrogens is 219 g/mol. The molecule has 0 aliphatic heterocycles. The molecule has 0 N–H and O–H groups in total. The molecule has 0 bridgehead atoms. The van der Waals surface area contributed by atoms with Crippen LogP contribution in [0.1, 0.15) is 12.5 Å². The maximum Gasteiger partial charge on any atom is 0.127 e. The van der Waals surface area contributed by atoms with Gasteiger partial charge in [0.05, 0.1) is 0 Å². The normalized spacial score (nSPS) is 10.3. The average molecular weight is 228 g/mol. The summed E-state index contributed by atoms with van der Waals surface area (Å²) in [5.74, 6) is 0.629. The van der Waals surface area contributed by atoms with E-state index >= 15 is 0 Å². The molecule has 0 spiro atoms. The summed E-state index contributed by atoms with van der Waals surface area (Å²) in [5, 5.41) is 0. The fourth-order valence-electron chi connectivity index (χ4n) is 0.910. The van der Waals surface area contributed by atoms with Gasteiger partial charge in [-0.25, -0.2) is 4.39 Å². The van der Waals surface area contributed by atoms with Gasteiger partial charge >= 0.3 is 0 Å². The third-order valence-electron chi connectivity index (χ3n) is 1.66. The molecule has 0 saturated heterocycles. The second-order valence-corrected chi connectivity index (χ2v) is 3.43. The topological polar surface area (TPSA) is 0 Å². The lowest BCUT2D eigenvalue weighted by atomic mass is 10.0. The fourth-order valence-corrected chi connectivity index (χ4v) is 1.27. The minimum Gasteiger partial charge on any atom is -0.207 e. The predicted molar refractivity (Wildman–Crippen MR) is 52.3 cm³/mol. The van der Waals surface area contributed by atoms with Crippen LogP contribution in [0.25, 0.3) is 0 Å². The van der Waals surface area contributed by atoms with E-state index < -0.39 is 0 Å². The van der Waals surface area contributed by atoms with Crippen molar-refractivity contribution < 1.29 is 4.39 Å². The molecular formula is C10H9BrF. The molecule has 1 rings (SSSR count). The quantitative estimate of drug-likeness (QED) is 0.723. The van der Waals surface area contributed by atoms with E-state index in [2.05, 4.69) is 22.5 Å². The van der Waals surface area contributed by atoms with Crippen molar-refractivity contribution in [3.8, 4) is 0 Å². The molecule has 0 atom stereocenters. The minimum atomic E-state index is -0.212. The number of rotatable bonds is 2. The first-order valence-corrected chi connectivity index (χ1v) is 4.36. The molecule has 0 amide bonds. The monoisotopic (exact) mass is 227 g/mol. The second-order valence-electron chi connectivity index (χ2n) is 2.51. The van der Waals surface area contributed by atoms with E-state index in [4.69, 9.17) is 0 Å². The fraction of sp³-hybridized carbons (Fsp3) is 0.100. The highest BCUT2D eigenvalue weighted by Gasteiger charge is 2.07. The lowest BCUT2D eigenvalue weighted by Gasteiger charge is -2.06. The van der Waals surface area contributed by atoms with E-state index in [1.54, 1.807) is 18.2 Å². The van der Waals surface area contributed by atoms with Crippen molar-refractivity contribution in [1.82, 2.24) is 0 Å². The van der Waals surface area contributed by atoms with Gasteiger partial charge in [0.15, 0.2) is 0 Å². The Morgan fingerprint density at radius 1 is 1.58 bits per heavy atom. The third-order valence-corrected chi connectivity index (χ3v) is 2.15. The maximum atomic E-state index is 13.1. The summed E-state index contributed by atoms with van der Waals surface area (Å²) >= 11 is 3.28. The molecule has 0 aliphatic carbocycles. The van der Waals surface area contributed by atoms with E-state index in [0.717, 1.165) is 10.4 Å². The first-order valence-electron chi connectivity index (χ1n) is 3.56. The predicted octanol–water partition coefficient (Wildman–Crippen LogP) is 3.72. The molecule has 2 heteroatoms. The first kappa shape index (κ1) is 9.46. The van der Waals surface area contributed by atoms with Crippen LogP contribution in [0.4, 0.5) is 4.39 Å². The molecule has 63 valence electrons. The summed E-state index contributed by atoms with van der Waals surface area (Å²) in [6.07, 6.45) is 1.64. The van der Waals surface area contributed by atoms with Crippen LogP contribution in [0.5, 0.6) is 0 Å². The Labute approximate surface area is 80.2 Å². The Bertz CT molecular complexity index is 294. The summed E-state index contributed by atoms with van der Waals surface area (Å²) in [4.78, 5) is 0. The first-order chi connectivity index (χ1) is 5.65. The van der Waals surface area contributed by atoms with Gasteiger partial charge in [-0.05, 0) is 23.8 Å². The zero-order valence-electron chi connectivity index (χ0n) is 6.77. The van der Waals surface area contributed by atoms with Gasteiger partial charge in [0, 0.05) is 10.4 Å². The molecule has 1 aromatic rings. The van der Waals surface area contributed by atoms with Gasteiger partial charge in [-0.3, -0.25) is 0 Å². The van der Waals surface area contributed by atoms with Gasteiger partial charge in [0.2, 0.25) is 0 Å². The summed E-state index contributed by atoms with van der Waals surface area (Å²) in [7, 11) is 0. The maximum absolute atomic E-state index is 13.1. The Hall–Kier alpha value is -0.630. The van der Waals surface area contributed by atoms with Crippen molar-refractivity contribution >= 4 is 15.9 Å². The van der Waals surface area contributed by atoms with Crippen molar-refractivity contribution in [2.45, 2.75) is 6.92 Å². The molecule has 0 fully saturated rings. The van der Waals surface area contributed by atoms with Crippen molar-refractivity contribution in [3.05, 3.63) is 52.6 Å². The Morgan fingerprint density at radius 2 is 2.25 bits per heavy atom. The van der Waals surface area contributed by atoms with Gasteiger partial charge in [0.25, 0.3) is 0 Å². The summed E-state index contributed by atoms with van der Waals surface area (Å²) < 4.78 is 14.0. The summed E-state index contributed by atoms with van der Waals surface area (Å²) in [6.45, 7) is 5.42. The van der Waals surface area contributed by atoms with Crippen LogP contribution in [0.15, 0.2) is 35.3 Å². The molecule has 0 saturated carbocycles. The largest absolute Gasteiger partial charge is 0.207 e. The summed E-state index contributed by atoms with van der Waals surface area (Å²) in [6, 6.07) is 4.86. The number of halogens is 2. The molecule has 0 aliphatic rings. The zero-order chi connectivity index (χ0) is 9.14. The lowest BCUT2D eigenvalue weighted by Crippen LogP contribution is -1.94. The minimum absolute atomic E-state index is 0.212. The van der Waals surface area contributed by atoms with Crippen LogP contribution < -0.4 is 0 Å². The van der Waals surface area contributed by atoms with Gasteiger partial charge in [-0.2, -0.15) is 0 Å². The van der Waals surface area contributed by atoms with Crippen molar-refractivity contribution in [2.24, 2.45) is 0 Å². The van der Waals surface area contributed by atoms with E-state index in [9.17, 15) is 4.39 Å². The van der Waals surface area contributed by atoms with Crippen LogP contribution in [0, 0.1) is 11.7 Å². The van der Waals surface area contributed by atoms with Gasteiger partial charge in [-0.1, -0.05) is 28.9 Å². The molecule has 1 radical (unpaired) electrons. The van der Waals surface area contributed by atoms with E-state index in [1.807, 2.05) is 6.92 Å². The van der Waals surface area contributed by atoms with Gasteiger partial charge < -0.3 is 0 Å². The molecule has 0 heterocycles. The number of hydrogen-bond donors (Lipinski definition) is 0. The lowest BCUT2D eigenvalue weighted by molar-refractivity contribution is 0.617. The number of allylic oxidation sites excluding steroid dienone is 1. The van der Waals surface area contributed by atoms with Crippen LogP contribution in [-0.2, 0) is 0 Å². The summed E-state index contributed by atoms with van der Waals surface area (Å²) in [5.41, 5.74) is 0.597. The van der Waals surface area contributed by atoms with Crippen LogP contribution in [0.3, 0.4) is 0 Å². The smallest absolute Gasteiger partial charge is 0.127 e. The van der Waals surface area contributed by atoms with Crippen LogP contribution in [0.2, 0.25) is 0 Å². The third kappa shape index (κ3) is 1.95. The van der Waals surface area contributed by atoms with Gasteiger partial charge in [-0.15, -0.1) is 6.58 Å². The highest BCUT2D eigenvalue weighted by molar-refractivity contribution is 9.10. The van der Waals surface area contributed by atoms with Crippen LogP contribution >= 0.6 is 15.9 Å². The molecule has 1 aromatic carbocycles. The highest BCUT2D eigenvalue weighted by atomic mass is 79.9. The Morgan fingerprint density at radius 3 is 2.83 bits per heavy atom. The Kier molecular flexibility index (Phi) is 3.04. The molecule has 0 unspecified atom stereocenters. The number of hydrogen-bond acceptors (Lipinski definition) is 0. The van der Waals surface area contributed by atoms with E-state index in [0.29, 0.717) is 5.56 Å². The number of benzene rings is 1. The standard InChI is InChI=1S/C10H9BrF/c1-3-7(2)9-6-8(11)4-5-10(9)12/h3-6H,1H2,2H3. The van der Waals surface area contributed by atoms with Crippen molar-refractivity contribution in [3.63, 3.8) is 0 Å². The van der Waals surface area contributed by atoms with E-state index in [-0.39, 0.29) is 5.82 Å². The molecule has 0 aromatic heterocycles. The van der Waals surface area contributed by atoms with Gasteiger partial charge in [0.1, 0.15) is 5.82 Å². The Balaban J connectivity index is 3.12. The van der Waals surface area contributed by atoms with Crippen molar-refractivity contribution in [2.75, 3.05) is 0 Å². The molecule has 12 heavy (non-hydrogen) atoms. The van der Waals surface area contributed by atoms with E-state index in [1.165, 1.54) is 6.07 Å². The van der Waals surface area contributed by atoms with Crippen molar-refractivity contribution in [1.29, 1.82) is 0 Å². The average Bonchev–Trinajstić information content (AvgIpc) is 2.08. The zero-order valence-corrected chi connectivity index (χ0v) is 8.36. The highest BCUT2D eigenvalue weighted by Crippen LogP contribution is 2.22. The second kappa shape index (κ2) is 3.85. The molecule has 0 nitrogen and oxygen atoms in total. The SMILES string of the molecule is C=C[C](C)c1cc(Br)ccc1F.